The standard InChI is InChI=1S/C11H22N2OS/c1-4-9-7-10(14)13-11(12-9)15-6-5-8(2)3/h8-9,11-12H,4-7H2,1-3H3,(H,13,14). The zero-order valence-electron chi connectivity index (χ0n) is 9.88. The Bertz CT molecular complexity index is 209. The van der Waals surface area contributed by atoms with Gasteiger partial charge >= 0.3 is 0 Å². The van der Waals surface area contributed by atoms with Crippen LogP contribution in [0.15, 0.2) is 0 Å². The van der Waals surface area contributed by atoms with Crippen molar-refractivity contribution < 1.29 is 4.79 Å². The number of carbonyl (C=O) groups is 1. The van der Waals surface area contributed by atoms with Crippen LogP contribution in [0, 0.1) is 5.92 Å². The van der Waals surface area contributed by atoms with Gasteiger partial charge in [-0.25, -0.2) is 0 Å². The molecule has 0 radical (unpaired) electrons. The normalized spacial score (nSPS) is 26.8. The minimum Gasteiger partial charge on any atom is -0.332 e. The molecule has 88 valence electrons. The number of hydrogen-bond acceptors (Lipinski definition) is 3. The molecule has 3 nitrogen and oxygen atoms in total. The highest BCUT2D eigenvalue weighted by atomic mass is 32.2. The van der Waals surface area contributed by atoms with Crippen molar-refractivity contribution in [3.63, 3.8) is 0 Å². The average Bonchev–Trinajstić information content (AvgIpc) is 2.16. The highest BCUT2D eigenvalue weighted by Gasteiger charge is 2.24. The summed E-state index contributed by atoms with van der Waals surface area (Å²) in [5.74, 6) is 2.02. The van der Waals surface area contributed by atoms with Gasteiger partial charge in [-0.2, -0.15) is 0 Å². The van der Waals surface area contributed by atoms with Crippen LogP contribution in [-0.2, 0) is 4.79 Å². The van der Waals surface area contributed by atoms with E-state index in [-0.39, 0.29) is 11.4 Å². The Balaban J connectivity index is 2.25. The van der Waals surface area contributed by atoms with Crippen molar-refractivity contribution in [2.45, 2.75) is 51.6 Å². The topological polar surface area (TPSA) is 41.1 Å². The van der Waals surface area contributed by atoms with Crippen molar-refractivity contribution in [2.75, 3.05) is 5.75 Å². The van der Waals surface area contributed by atoms with Crippen molar-refractivity contribution in [3.05, 3.63) is 0 Å². The first kappa shape index (κ1) is 12.8. The summed E-state index contributed by atoms with van der Waals surface area (Å²) in [5.41, 5.74) is 0.120. The van der Waals surface area contributed by atoms with E-state index in [0.717, 1.165) is 18.1 Å². The van der Waals surface area contributed by atoms with E-state index in [0.29, 0.717) is 12.5 Å². The van der Waals surface area contributed by atoms with Crippen LogP contribution in [0.3, 0.4) is 0 Å². The van der Waals surface area contributed by atoms with Crippen LogP contribution in [0.4, 0.5) is 0 Å². The second kappa shape index (κ2) is 6.38. The van der Waals surface area contributed by atoms with Gasteiger partial charge < -0.3 is 5.32 Å². The van der Waals surface area contributed by atoms with Crippen molar-refractivity contribution in [1.82, 2.24) is 10.6 Å². The van der Waals surface area contributed by atoms with Crippen molar-refractivity contribution >= 4 is 17.7 Å². The van der Waals surface area contributed by atoms with Gasteiger partial charge in [-0.3, -0.25) is 10.1 Å². The van der Waals surface area contributed by atoms with Gasteiger partial charge in [0, 0.05) is 12.5 Å². The molecule has 1 aliphatic rings. The van der Waals surface area contributed by atoms with Gasteiger partial charge in [0.1, 0.15) is 5.50 Å². The third-order valence-corrected chi connectivity index (χ3v) is 3.64. The summed E-state index contributed by atoms with van der Waals surface area (Å²) in [4.78, 5) is 11.4. The minimum atomic E-state index is 0.120. The predicted octanol–water partition coefficient (Wildman–Crippen LogP) is 1.94. The van der Waals surface area contributed by atoms with Gasteiger partial charge in [0.05, 0.1) is 0 Å². The summed E-state index contributed by atoms with van der Waals surface area (Å²) >= 11 is 1.81. The molecule has 1 amide bonds. The molecule has 0 aliphatic carbocycles. The van der Waals surface area contributed by atoms with Crippen LogP contribution in [0.25, 0.3) is 0 Å². The Morgan fingerprint density at radius 1 is 1.53 bits per heavy atom. The molecule has 0 saturated carbocycles. The van der Waals surface area contributed by atoms with Gasteiger partial charge in [0.15, 0.2) is 0 Å². The molecule has 0 aromatic rings. The van der Waals surface area contributed by atoms with E-state index in [2.05, 4.69) is 31.4 Å². The highest BCUT2D eigenvalue weighted by molar-refractivity contribution is 7.99. The van der Waals surface area contributed by atoms with Crippen molar-refractivity contribution in [1.29, 1.82) is 0 Å². The summed E-state index contributed by atoms with van der Waals surface area (Å²) in [6, 6.07) is 0.357. The SMILES string of the molecule is CCC1CC(=O)NC(SCCC(C)C)N1. The fourth-order valence-electron chi connectivity index (χ4n) is 1.52. The second-order valence-corrected chi connectivity index (χ2v) is 5.69. The zero-order valence-corrected chi connectivity index (χ0v) is 10.7. The Hall–Kier alpha value is -0.220. The fraction of sp³-hybridized carbons (Fsp3) is 0.909. The predicted molar refractivity (Wildman–Crippen MR) is 65.7 cm³/mol. The van der Waals surface area contributed by atoms with E-state index in [1.54, 1.807) is 11.8 Å². The van der Waals surface area contributed by atoms with Crippen molar-refractivity contribution in [3.8, 4) is 0 Å². The molecule has 0 bridgehead atoms. The van der Waals surface area contributed by atoms with Crippen LogP contribution in [0.2, 0.25) is 0 Å². The number of hydrogen-bond donors (Lipinski definition) is 2. The molecule has 0 aromatic carbocycles. The van der Waals surface area contributed by atoms with Crippen LogP contribution in [0.1, 0.15) is 40.0 Å². The molecule has 15 heavy (non-hydrogen) atoms. The number of rotatable bonds is 5. The monoisotopic (exact) mass is 230 g/mol. The van der Waals surface area contributed by atoms with E-state index in [9.17, 15) is 4.79 Å². The van der Waals surface area contributed by atoms with Crippen LogP contribution >= 0.6 is 11.8 Å². The smallest absolute Gasteiger partial charge is 0.223 e. The van der Waals surface area contributed by atoms with Gasteiger partial charge in [-0.15, -0.1) is 11.8 Å². The zero-order chi connectivity index (χ0) is 11.3. The molecule has 2 atom stereocenters. The molecule has 4 heteroatoms. The summed E-state index contributed by atoms with van der Waals surface area (Å²) in [6.07, 6.45) is 2.85. The van der Waals surface area contributed by atoms with Gasteiger partial charge in [-0.05, 0) is 24.5 Å². The lowest BCUT2D eigenvalue weighted by Crippen LogP contribution is -2.54. The third kappa shape index (κ3) is 4.89. The molecule has 2 N–H and O–H groups in total. The van der Waals surface area contributed by atoms with E-state index < -0.39 is 0 Å². The number of carbonyl (C=O) groups excluding carboxylic acids is 1. The number of nitrogens with one attached hydrogen (secondary N) is 2. The first-order chi connectivity index (χ1) is 7.11. The Kier molecular flexibility index (Phi) is 5.47. The summed E-state index contributed by atoms with van der Waals surface area (Å²) in [6.45, 7) is 6.57. The van der Waals surface area contributed by atoms with E-state index >= 15 is 0 Å². The quantitative estimate of drug-likeness (QED) is 0.758. The molecule has 1 heterocycles. The molecule has 0 aromatic heterocycles. The first-order valence-corrected chi connectivity index (χ1v) is 6.83. The molecular weight excluding hydrogens is 208 g/mol. The minimum absolute atomic E-state index is 0.120. The maximum atomic E-state index is 11.4. The van der Waals surface area contributed by atoms with Gasteiger partial charge in [0.25, 0.3) is 0 Å². The molecule has 2 unspecified atom stereocenters. The van der Waals surface area contributed by atoms with Gasteiger partial charge in [-0.1, -0.05) is 20.8 Å². The van der Waals surface area contributed by atoms with Crippen LogP contribution in [0.5, 0.6) is 0 Å². The Morgan fingerprint density at radius 3 is 2.87 bits per heavy atom. The Labute approximate surface area is 96.8 Å². The second-order valence-electron chi connectivity index (χ2n) is 4.48. The van der Waals surface area contributed by atoms with E-state index in [4.69, 9.17) is 0 Å². The maximum absolute atomic E-state index is 11.4. The summed E-state index contributed by atoms with van der Waals surface area (Å²) in [5, 5.41) is 6.41. The average molecular weight is 230 g/mol. The van der Waals surface area contributed by atoms with E-state index in [1.165, 1.54) is 6.42 Å². The van der Waals surface area contributed by atoms with Crippen LogP contribution in [-0.4, -0.2) is 23.2 Å². The summed E-state index contributed by atoms with van der Waals surface area (Å²) in [7, 11) is 0. The molecular formula is C11H22N2OS. The van der Waals surface area contributed by atoms with Crippen LogP contribution < -0.4 is 10.6 Å². The fourth-order valence-corrected chi connectivity index (χ4v) is 2.86. The maximum Gasteiger partial charge on any atom is 0.223 e. The highest BCUT2D eigenvalue weighted by Crippen LogP contribution is 2.16. The summed E-state index contributed by atoms with van der Waals surface area (Å²) < 4.78 is 0. The third-order valence-electron chi connectivity index (χ3n) is 2.58. The lowest BCUT2D eigenvalue weighted by molar-refractivity contribution is -0.123. The molecule has 1 fully saturated rings. The molecule has 1 saturated heterocycles. The van der Waals surface area contributed by atoms with Crippen molar-refractivity contribution in [2.24, 2.45) is 5.92 Å². The molecule has 0 spiro atoms. The first-order valence-electron chi connectivity index (χ1n) is 5.78. The Morgan fingerprint density at radius 2 is 2.27 bits per heavy atom. The number of amides is 1. The molecule has 1 rings (SSSR count). The molecule has 1 aliphatic heterocycles. The number of thioether (sulfide) groups is 1. The lowest BCUT2D eigenvalue weighted by Gasteiger charge is -2.30. The largest absolute Gasteiger partial charge is 0.332 e. The van der Waals surface area contributed by atoms with Gasteiger partial charge in [0.2, 0.25) is 5.91 Å². The van der Waals surface area contributed by atoms with E-state index in [1.807, 2.05) is 0 Å². The lowest BCUT2D eigenvalue weighted by atomic mass is 10.1.